The van der Waals surface area contributed by atoms with Gasteiger partial charge in [-0.15, -0.1) is 0 Å². The van der Waals surface area contributed by atoms with E-state index in [0.717, 1.165) is 12.1 Å². The number of anilines is 3. The molecule has 1 heterocycles. The van der Waals surface area contributed by atoms with Crippen LogP contribution in [-0.4, -0.2) is 43.4 Å². The number of hydrogen-bond acceptors (Lipinski definition) is 6. The van der Waals surface area contributed by atoms with Gasteiger partial charge in [0.05, 0.1) is 18.2 Å². The van der Waals surface area contributed by atoms with E-state index in [1.54, 1.807) is 48.5 Å². The van der Waals surface area contributed by atoms with E-state index in [4.69, 9.17) is 4.74 Å². The topological polar surface area (TPSA) is 99.2 Å². The van der Waals surface area contributed by atoms with Gasteiger partial charge in [-0.3, -0.25) is 19.3 Å². The molecule has 196 valence electrons. The molecule has 8 nitrogen and oxygen atoms in total. The quantitative estimate of drug-likeness (QED) is 0.246. The third kappa shape index (κ3) is 5.39. The molecule has 1 fully saturated rings. The molecule has 4 rings (SSSR count). The fraction of sp³-hybridized carbons (Fsp3) is 0.233. The highest BCUT2D eigenvalue weighted by Crippen LogP contribution is 2.43. The Balaban J connectivity index is 1.85. The van der Waals surface area contributed by atoms with Crippen molar-refractivity contribution in [3.05, 3.63) is 89.5 Å². The fourth-order valence-electron chi connectivity index (χ4n) is 4.39. The van der Waals surface area contributed by atoms with Gasteiger partial charge in [-0.25, -0.2) is 0 Å². The zero-order chi connectivity index (χ0) is 27.4. The van der Waals surface area contributed by atoms with Gasteiger partial charge in [0.1, 0.15) is 11.5 Å². The Morgan fingerprint density at radius 2 is 1.71 bits per heavy atom. The average molecular weight is 514 g/mol. The summed E-state index contributed by atoms with van der Waals surface area (Å²) in [5.41, 5.74) is 3.01. The van der Waals surface area contributed by atoms with Crippen LogP contribution in [0.2, 0.25) is 0 Å². The lowest BCUT2D eigenvalue weighted by atomic mass is 9.94. The van der Waals surface area contributed by atoms with Crippen LogP contribution >= 0.6 is 0 Å². The van der Waals surface area contributed by atoms with Gasteiger partial charge in [0, 0.05) is 43.6 Å². The molecule has 1 unspecified atom stereocenters. The number of aliphatic hydroxyl groups excluding tert-OH is 1. The Morgan fingerprint density at radius 3 is 2.32 bits per heavy atom. The molecule has 0 aliphatic carbocycles. The average Bonchev–Trinajstić information content (AvgIpc) is 3.17. The smallest absolute Gasteiger partial charge is 0.300 e. The lowest BCUT2D eigenvalue weighted by Gasteiger charge is -2.26. The number of nitrogens with one attached hydrogen (secondary N) is 1. The van der Waals surface area contributed by atoms with Gasteiger partial charge in [0.25, 0.3) is 11.7 Å². The highest BCUT2D eigenvalue weighted by molar-refractivity contribution is 6.51. The Bertz CT molecular complexity index is 1380. The molecule has 8 heteroatoms. The van der Waals surface area contributed by atoms with Crippen molar-refractivity contribution in [2.75, 3.05) is 35.8 Å². The van der Waals surface area contributed by atoms with Crippen LogP contribution in [0, 0.1) is 0 Å². The maximum absolute atomic E-state index is 13.4. The maximum Gasteiger partial charge on any atom is 0.300 e. The fourth-order valence-corrected chi connectivity index (χ4v) is 4.39. The van der Waals surface area contributed by atoms with Crippen LogP contribution in [0.15, 0.2) is 78.4 Å². The summed E-state index contributed by atoms with van der Waals surface area (Å²) in [6, 6.07) is 20.1. The molecule has 1 aliphatic heterocycles. The molecule has 1 saturated heterocycles. The van der Waals surface area contributed by atoms with Gasteiger partial charge in [-0.1, -0.05) is 31.2 Å². The second kappa shape index (κ2) is 11.2. The Hall–Kier alpha value is -4.59. The second-order valence-electron chi connectivity index (χ2n) is 9.26. The lowest BCUT2D eigenvalue weighted by Crippen LogP contribution is -2.29. The molecule has 38 heavy (non-hydrogen) atoms. The molecule has 0 spiro atoms. The monoisotopic (exact) mass is 513 g/mol. The summed E-state index contributed by atoms with van der Waals surface area (Å²) in [5, 5.41) is 14.1. The van der Waals surface area contributed by atoms with Gasteiger partial charge in [0.2, 0.25) is 5.91 Å². The highest BCUT2D eigenvalue weighted by Gasteiger charge is 2.47. The number of nitrogens with zero attached hydrogens (tertiary/aromatic N) is 2. The number of rotatable bonds is 8. The minimum Gasteiger partial charge on any atom is -0.507 e. The molecule has 3 aromatic carbocycles. The Kier molecular flexibility index (Phi) is 7.81. The van der Waals surface area contributed by atoms with E-state index in [9.17, 15) is 19.5 Å². The molecule has 0 saturated carbocycles. The third-order valence-electron chi connectivity index (χ3n) is 6.22. The van der Waals surface area contributed by atoms with E-state index in [-0.39, 0.29) is 17.2 Å². The zero-order valence-corrected chi connectivity index (χ0v) is 21.9. The van der Waals surface area contributed by atoms with E-state index >= 15 is 0 Å². The van der Waals surface area contributed by atoms with Crippen molar-refractivity contribution in [1.82, 2.24) is 0 Å². The molecular weight excluding hydrogens is 482 g/mol. The first-order chi connectivity index (χ1) is 18.2. The number of ether oxygens (including phenoxy) is 1. The zero-order valence-electron chi connectivity index (χ0n) is 21.9. The molecule has 0 aromatic heterocycles. The third-order valence-corrected chi connectivity index (χ3v) is 6.22. The summed E-state index contributed by atoms with van der Waals surface area (Å²) in [6.07, 6.45) is 0.824. The minimum absolute atomic E-state index is 0.00816. The molecular formula is C30H31N3O5. The SMILES string of the molecule is CCCOc1cccc(/C(O)=C2/C(=O)C(=O)N(c3ccc(NC(C)=O)cc3)C2c2ccc(N(C)C)cc2)c1. The van der Waals surface area contributed by atoms with Gasteiger partial charge in [-0.2, -0.15) is 0 Å². The number of Topliss-reactive ketones (excluding diaryl/α,β-unsaturated/α-hetero) is 1. The number of carbonyl (C=O) groups is 3. The van der Waals surface area contributed by atoms with Crippen molar-refractivity contribution in [2.24, 2.45) is 0 Å². The number of benzene rings is 3. The van der Waals surface area contributed by atoms with E-state index in [1.807, 2.05) is 50.2 Å². The molecule has 3 aromatic rings. The number of carbonyl (C=O) groups excluding carboxylic acids is 3. The molecule has 0 bridgehead atoms. The van der Waals surface area contributed by atoms with Crippen molar-refractivity contribution in [3.8, 4) is 5.75 Å². The molecule has 1 aliphatic rings. The van der Waals surface area contributed by atoms with Crippen molar-refractivity contribution in [2.45, 2.75) is 26.3 Å². The first kappa shape index (κ1) is 26.5. The minimum atomic E-state index is -0.863. The number of ketones is 1. The van der Waals surface area contributed by atoms with Crippen LogP contribution in [0.4, 0.5) is 17.1 Å². The summed E-state index contributed by atoms with van der Waals surface area (Å²) >= 11 is 0. The summed E-state index contributed by atoms with van der Waals surface area (Å²) in [5.74, 6) is -1.46. The van der Waals surface area contributed by atoms with E-state index < -0.39 is 17.7 Å². The standard InChI is InChI=1S/C30H31N3O5/c1-5-17-38-25-8-6-7-21(18-25)28(35)26-27(20-9-13-23(14-10-20)32(3)4)33(30(37)29(26)36)24-15-11-22(12-16-24)31-19(2)34/h6-16,18,27,35H,5,17H2,1-4H3,(H,31,34)/b28-26-. The largest absolute Gasteiger partial charge is 0.507 e. The molecule has 0 radical (unpaired) electrons. The summed E-state index contributed by atoms with van der Waals surface area (Å²) in [6.45, 7) is 3.92. The number of hydrogen-bond donors (Lipinski definition) is 2. The van der Waals surface area contributed by atoms with Gasteiger partial charge in [0.15, 0.2) is 0 Å². The predicted octanol–water partition coefficient (Wildman–Crippen LogP) is 5.13. The van der Waals surface area contributed by atoms with Crippen LogP contribution in [0.3, 0.4) is 0 Å². The van der Waals surface area contributed by atoms with Crippen LogP contribution in [0.5, 0.6) is 5.75 Å². The summed E-state index contributed by atoms with van der Waals surface area (Å²) in [4.78, 5) is 41.6. The Morgan fingerprint density at radius 1 is 1.03 bits per heavy atom. The van der Waals surface area contributed by atoms with Crippen molar-refractivity contribution < 1.29 is 24.2 Å². The Labute approximate surface area is 222 Å². The van der Waals surface area contributed by atoms with Crippen LogP contribution in [-0.2, 0) is 14.4 Å². The maximum atomic E-state index is 13.4. The van der Waals surface area contributed by atoms with E-state index in [0.29, 0.717) is 34.9 Å². The highest BCUT2D eigenvalue weighted by atomic mass is 16.5. The van der Waals surface area contributed by atoms with Gasteiger partial charge >= 0.3 is 0 Å². The molecule has 2 amide bonds. The van der Waals surface area contributed by atoms with E-state index in [2.05, 4.69) is 5.32 Å². The first-order valence-corrected chi connectivity index (χ1v) is 12.4. The van der Waals surface area contributed by atoms with E-state index in [1.165, 1.54) is 11.8 Å². The van der Waals surface area contributed by atoms with Gasteiger partial charge < -0.3 is 20.1 Å². The van der Waals surface area contributed by atoms with Crippen LogP contribution in [0.25, 0.3) is 5.76 Å². The molecule has 1 atom stereocenters. The van der Waals surface area contributed by atoms with Crippen LogP contribution in [0.1, 0.15) is 37.4 Å². The van der Waals surface area contributed by atoms with Crippen molar-refractivity contribution >= 4 is 40.4 Å². The number of amides is 2. The molecule has 2 N–H and O–H groups in total. The first-order valence-electron chi connectivity index (χ1n) is 12.4. The summed E-state index contributed by atoms with van der Waals surface area (Å²) in [7, 11) is 3.84. The second-order valence-corrected chi connectivity index (χ2v) is 9.26. The lowest BCUT2D eigenvalue weighted by molar-refractivity contribution is -0.132. The number of aliphatic hydroxyl groups is 1. The van der Waals surface area contributed by atoms with Gasteiger partial charge in [-0.05, 0) is 60.5 Å². The normalized spacial score (nSPS) is 16.4. The summed E-state index contributed by atoms with van der Waals surface area (Å²) < 4.78 is 5.70. The van der Waals surface area contributed by atoms with Crippen molar-refractivity contribution in [3.63, 3.8) is 0 Å². The van der Waals surface area contributed by atoms with Crippen LogP contribution < -0.4 is 19.9 Å². The van der Waals surface area contributed by atoms with Crippen molar-refractivity contribution in [1.29, 1.82) is 0 Å². The predicted molar refractivity (Wildman–Crippen MR) is 149 cm³/mol.